The third-order valence-electron chi connectivity index (χ3n) is 14.5. The first-order chi connectivity index (χ1) is 34.0. The highest BCUT2D eigenvalue weighted by Gasteiger charge is 2.18. The Labute approximate surface area is 431 Å². The van der Waals surface area contributed by atoms with Crippen molar-refractivity contribution in [1.29, 1.82) is 0 Å². The highest BCUT2D eigenvalue weighted by atomic mass is 16.5. The van der Waals surface area contributed by atoms with Crippen molar-refractivity contribution in [3.63, 3.8) is 0 Å². The molecular formula is C63H121NO5. The van der Waals surface area contributed by atoms with Gasteiger partial charge in [-0.15, -0.1) is 0 Å². The fourth-order valence-electron chi connectivity index (χ4n) is 9.69. The molecule has 0 aliphatic heterocycles. The summed E-state index contributed by atoms with van der Waals surface area (Å²) >= 11 is 0. The van der Waals surface area contributed by atoms with E-state index < -0.39 is 12.1 Å². The maximum atomic E-state index is 12.4. The fourth-order valence-corrected chi connectivity index (χ4v) is 9.69. The van der Waals surface area contributed by atoms with E-state index in [2.05, 4.69) is 31.3 Å². The second-order valence-corrected chi connectivity index (χ2v) is 21.4. The van der Waals surface area contributed by atoms with E-state index >= 15 is 0 Å². The number of allylic oxidation sites excluding steroid dienone is 3. The van der Waals surface area contributed by atoms with Gasteiger partial charge in [-0.3, -0.25) is 9.59 Å². The van der Waals surface area contributed by atoms with Crippen molar-refractivity contribution in [2.45, 2.75) is 353 Å². The summed E-state index contributed by atoms with van der Waals surface area (Å²) in [5, 5.41) is 23.0. The quantitative estimate of drug-likeness (QED) is 0.0321. The van der Waals surface area contributed by atoms with E-state index in [1.54, 1.807) is 6.08 Å². The molecule has 2 atom stereocenters. The summed E-state index contributed by atoms with van der Waals surface area (Å²) in [5.41, 5.74) is 0. The lowest BCUT2D eigenvalue weighted by atomic mass is 10.0. The summed E-state index contributed by atoms with van der Waals surface area (Å²) in [4.78, 5) is 24.5. The van der Waals surface area contributed by atoms with Crippen molar-refractivity contribution in [2.24, 2.45) is 0 Å². The van der Waals surface area contributed by atoms with Crippen LogP contribution >= 0.6 is 0 Å². The highest BCUT2D eigenvalue weighted by Crippen LogP contribution is 2.18. The number of amides is 1. The van der Waals surface area contributed by atoms with Crippen LogP contribution in [-0.2, 0) is 14.3 Å². The summed E-state index contributed by atoms with van der Waals surface area (Å²) in [6.45, 7) is 4.90. The number of carbonyl (C=O) groups excluding carboxylic acids is 2. The van der Waals surface area contributed by atoms with Gasteiger partial charge in [-0.1, -0.05) is 295 Å². The van der Waals surface area contributed by atoms with Crippen molar-refractivity contribution in [1.82, 2.24) is 5.32 Å². The molecule has 0 aromatic rings. The van der Waals surface area contributed by atoms with Gasteiger partial charge in [0.15, 0.2) is 0 Å². The van der Waals surface area contributed by atoms with Gasteiger partial charge in [-0.25, -0.2) is 0 Å². The Morgan fingerprint density at radius 3 is 1.03 bits per heavy atom. The second-order valence-electron chi connectivity index (χ2n) is 21.4. The first-order valence-corrected chi connectivity index (χ1v) is 31.1. The van der Waals surface area contributed by atoms with Gasteiger partial charge in [0.25, 0.3) is 0 Å². The van der Waals surface area contributed by atoms with Crippen LogP contribution in [0.2, 0.25) is 0 Å². The Morgan fingerprint density at radius 2 is 0.681 bits per heavy atom. The normalized spacial score (nSPS) is 12.7. The van der Waals surface area contributed by atoms with Crippen molar-refractivity contribution < 1.29 is 24.5 Å². The molecule has 0 aromatic carbocycles. The molecule has 0 spiro atoms. The number of esters is 1. The number of hydrogen-bond acceptors (Lipinski definition) is 5. The van der Waals surface area contributed by atoms with E-state index in [9.17, 15) is 19.8 Å². The second kappa shape index (κ2) is 58.9. The number of carbonyl (C=O) groups is 2. The smallest absolute Gasteiger partial charge is 0.305 e. The van der Waals surface area contributed by atoms with Crippen LogP contribution in [0.1, 0.15) is 341 Å². The van der Waals surface area contributed by atoms with Gasteiger partial charge >= 0.3 is 5.97 Å². The van der Waals surface area contributed by atoms with E-state index in [1.807, 2.05) is 6.08 Å². The van der Waals surface area contributed by atoms with Gasteiger partial charge in [0.2, 0.25) is 5.91 Å². The van der Waals surface area contributed by atoms with E-state index in [4.69, 9.17) is 4.74 Å². The molecule has 0 saturated carbocycles. The van der Waals surface area contributed by atoms with Gasteiger partial charge in [-0.2, -0.15) is 0 Å². The third kappa shape index (κ3) is 55.5. The average Bonchev–Trinajstić information content (AvgIpc) is 3.35. The number of rotatable bonds is 58. The predicted molar refractivity (Wildman–Crippen MR) is 301 cm³/mol. The molecule has 2 unspecified atom stereocenters. The Morgan fingerprint density at radius 1 is 0.391 bits per heavy atom. The summed E-state index contributed by atoms with van der Waals surface area (Å²) in [6.07, 6.45) is 72.3. The Bertz CT molecular complexity index is 1080. The minimum absolute atomic E-state index is 0.00907. The van der Waals surface area contributed by atoms with Crippen LogP contribution in [0.25, 0.3) is 0 Å². The minimum Gasteiger partial charge on any atom is -0.466 e. The molecule has 3 N–H and O–H groups in total. The van der Waals surface area contributed by atoms with E-state index in [-0.39, 0.29) is 18.5 Å². The Balaban J connectivity index is 3.34. The average molecular weight is 973 g/mol. The van der Waals surface area contributed by atoms with Crippen LogP contribution in [0.3, 0.4) is 0 Å². The predicted octanol–water partition coefficient (Wildman–Crippen LogP) is 19.4. The number of aliphatic hydroxyl groups is 2. The molecule has 0 saturated heterocycles. The molecule has 0 aliphatic rings. The number of ether oxygens (including phenoxy) is 1. The molecule has 0 radical (unpaired) electrons. The zero-order chi connectivity index (χ0) is 50.0. The molecule has 6 heteroatoms. The van der Waals surface area contributed by atoms with Gasteiger partial charge in [-0.05, 0) is 57.8 Å². The maximum absolute atomic E-state index is 12.4. The summed E-state index contributed by atoms with van der Waals surface area (Å²) in [5.74, 6) is -0.0570. The molecular weight excluding hydrogens is 851 g/mol. The SMILES string of the molecule is CCCCCCCC/C=C\CCCCCCCC(=O)OCCCCCCCCCCCCCCCCCCCCCCCCCCCCC(=O)NC(CO)C(O)/C=C/CCCCCCCCCCC. The number of unbranched alkanes of at least 4 members (excludes halogenated alkanes) is 45. The molecule has 0 fully saturated rings. The van der Waals surface area contributed by atoms with Gasteiger partial charge < -0.3 is 20.3 Å². The molecule has 408 valence electrons. The molecule has 1 amide bonds. The van der Waals surface area contributed by atoms with Crippen LogP contribution < -0.4 is 5.32 Å². The molecule has 69 heavy (non-hydrogen) atoms. The number of aliphatic hydroxyl groups excluding tert-OH is 2. The van der Waals surface area contributed by atoms with E-state index in [0.717, 1.165) is 44.9 Å². The fraction of sp³-hybridized carbons (Fsp3) is 0.905. The van der Waals surface area contributed by atoms with Crippen LogP contribution in [0.15, 0.2) is 24.3 Å². The van der Waals surface area contributed by atoms with E-state index in [0.29, 0.717) is 19.4 Å². The van der Waals surface area contributed by atoms with Crippen molar-refractivity contribution in [3.05, 3.63) is 24.3 Å². The topological polar surface area (TPSA) is 95.9 Å². The first kappa shape index (κ1) is 67.3. The van der Waals surface area contributed by atoms with Crippen molar-refractivity contribution >= 4 is 11.9 Å². The molecule has 0 bridgehead atoms. The molecule has 0 heterocycles. The third-order valence-corrected chi connectivity index (χ3v) is 14.5. The van der Waals surface area contributed by atoms with Gasteiger partial charge in [0.1, 0.15) is 0 Å². The number of nitrogens with one attached hydrogen (secondary N) is 1. The monoisotopic (exact) mass is 972 g/mol. The first-order valence-electron chi connectivity index (χ1n) is 31.1. The summed E-state index contributed by atoms with van der Waals surface area (Å²) in [7, 11) is 0. The molecule has 0 rings (SSSR count). The van der Waals surface area contributed by atoms with Gasteiger partial charge in [0, 0.05) is 12.8 Å². The van der Waals surface area contributed by atoms with Crippen LogP contribution in [-0.4, -0.2) is 47.4 Å². The Hall–Kier alpha value is -1.66. The minimum atomic E-state index is -0.841. The maximum Gasteiger partial charge on any atom is 0.305 e. The molecule has 6 nitrogen and oxygen atoms in total. The molecule has 0 aliphatic carbocycles. The standard InChI is InChI=1S/C63H121NO5/c1-3-5-7-9-11-13-15-16-29-33-37-41-45-49-53-57-63(68)69-58-54-50-46-42-38-34-31-28-26-24-22-20-18-17-19-21-23-25-27-30-32-36-40-44-48-52-56-62(67)64-60(59-65)61(66)55-51-47-43-39-35-14-12-10-8-6-4-2/h16,29,51,55,60-61,65-66H,3-15,17-28,30-50,52-54,56-59H2,1-2H3,(H,64,67)/b29-16-,55-51+. The number of hydrogen-bond donors (Lipinski definition) is 3. The van der Waals surface area contributed by atoms with Crippen LogP contribution in [0.4, 0.5) is 0 Å². The van der Waals surface area contributed by atoms with Crippen LogP contribution in [0.5, 0.6) is 0 Å². The van der Waals surface area contributed by atoms with Crippen molar-refractivity contribution in [3.8, 4) is 0 Å². The van der Waals surface area contributed by atoms with Gasteiger partial charge in [0.05, 0.1) is 25.4 Å². The zero-order valence-corrected chi connectivity index (χ0v) is 46.6. The van der Waals surface area contributed by atoms with Crippen LogP contribution in [0, 0.1) is 0 Å². The zero-order valence-electron chi connectivity index (χ0n) is 46.6. The van der Waals surface area contributed by atoms with E-state index in [1.165, 1.54) is 270 Å². The Kier molecular flexibility index (Phi) is 57.5. The largest absolute Gasteiger partial charge is 0.466 e. The summed E-state index contributed by atoms with van der Waals surface area (Å²) < 4.78 is 5.48. The highest BCUT2D eigenvalue weighted by molar-refractivity contribution is 5.76. The lowest BCUT2D eigenvalue weighted by molar-refractivity contribution is -0.143. The lowest BCUT2D eigenvalue weighted by Crippen LogP contribution is -2.45. The molecule has 0 aromatic heterocycles. The van der Waals surface area contributed by atoms with Crippen molar-refractivity contribution in [2.75, 3.05) is 13.2 Å². The summed E-state index contributed by atoms with van der Waals surface area (Å²) in [6, 6.07) is -0.624. The lowest BCUT2D eigenvalue weighted by Gasteiger charge is -2.20.